The Hall–Kier alpha value is -1.13. The second-order valence-electron chi connectivity index (χ2n) is 3.67. The van der Waals surface area contributed by atoms with E-state index < -0.39 is 0 Å². The van der Waals surface area contributed by atoms with Gasteiger partial charge in [-0.25, -0.2) is 9.50 Å². The summed E-state index contributed by atoms with van der Waals surface area (Å²) in [6.07, 6.45) is 2.72. The van der Waals surface area contributed by atoms with E-state index in [1.807, 2.05) is 12.1 Å². The minimum Gasteiger partial charge on any atom is -0.381 e. The number of hydrogen-bond acceptors (Lipinski definition) is 3. The van der Waals surface area contributed by atoms with E-state index in [9.17, 15) is 0 Å². The Morgan fingerprint density at radius 2 is 2.47 bits per heavy atom. The third-order valence-corrected chi connectivity index (χ3v) is 2.95. The average Bonchev–Trinajstić information content (AvgIpc) is 2.88. The summed E-state index contributed by atoms with van der Waals surface area (Å²) in [6.45, 7) is 1.56. The van der Waals surface area contributed by atoms with Gasteiger partial charge in [0.1, 0.15) is 5.15 Å². The molecule has 0 amide bonds. The molecule has 3 rings (SSSR count). The van der Waals surface area contributed by atoms with Crippen LogP contribution in [0.2, 0.25) is 5.15 Å². The van der Waals surface area contributed by atoms with Crippen LogP contribution >= 0.6 is 11.6 Å². The molecule has 3 heterocycles. The molecule has 1 aliphatic rings. The highest BCUT2D eigenvalue weighted by Crippen LogP contribution is 2.25. The topological polar surface area (TPSA) is 39.4 Å². The van der Waals surface area contributed by atoms with Gasteiger partial charge in [0.25, 0.3) is 0 Å². The molecule has 0 N–H and O–H groups in total. The highest BCUT2D eigenvalue weighted by atomic mass is 35.5. The first kappa shape index (κ1) is 9.12. The molecule has 0 aliphatic carbocycles. The fourth-order valence-corrected chi connectivity index (χ4v) is 2.11. The van der Waals surface area contributed by atoms with Crippen molar-refractivity contribution < 1.29 is 4.74 Å². The summed E-state index contributed by atoms with van der Waals surface area (Å²) in [7, 11) is 0. The molecular formula is C10H10ClN3O. The van der Waals surface area contributed by atoms with E-state index in [0.717, 1.165) is 31.0 Å². The summed E-state index contributed by atoms with van der Waals surface area (Å²) in [4.78, 5) is 4.51. The predicted molar refractivity (Wildman–Crippen MR) is 56.2 cm³/mol. The Kier molecular flexibility index (Phi) is 2.11. The molecule has 0 aromatic carbocycles. The van der Waals surface area contributed by atoms with Gasteiger partial charge in [-0.1, -0.05) is 11.6 Å². The molecule has 0 unspecified atom stereocenters. The van der Waals surface area contributed by atoms with Crippen LogP contribution in [0.3, 0.4) is 0 Å². The van der Waals surface area contributed by atoms with E-state index in [1.165, 1.54) is 0 Å². The Bertz CT molecular complexity index is 490. The van der Waals surface area contributed by atoms with Crippen molar-refractivity contribution in [2.75, 3.05) is 13.2 Å². The smallest absolute Gasteiger partial charge is 0.156 e. The molecular weight excluding hydrogens is 214 g/mol. The largest absolute Gasteiger partial charge is 0.381 e. The normalized spacial score (nSPS) is 21.3. The lowest BCUT2D eigenvalue weighted by molar-refractivity contribution is 0.193. The molecule has 1 fully saturated rings. The van der Waals surface area contributed by atoms with Crippen molar-refractivity contribution in [3.63, 3.8) is 0 Å². The Morgan fingerprint density at radius 1 is 1.53 bits per heavy atom. The van der Waals surface area contributed by atoms with Gasteiger partial charge in [0.15, 0.2) is 5.65 Å². The van der Waals surface area contributed by atoms with Crippen molar-refractivity contribution in [1.29, 1.82) is 0 Å². The second kappa shape index (κ2) is 3.47. The third kappa shape index (κ3) is 1.50. The number of nitrogens with zero attached hydrogens (tertiary/aromatic N) is 3. The Balaban J connectivity index is 2.11. The van der Waals surface area contributed by atoms with E-state index >= 15 is 0 Å². The maximum atomic E-state index is 6.10. The van der Waals surface area contributed by atoms with Crippen LogP contribution in [-0.4, -0.2) is 27.8 Å². The van der Waals surface area contributed by atoms with Gasteiger partial charge >= 0.3 is 0 Å². The van der Waals surface area contributed by atoms with Gasteiger partial charge in [-0.15, -0.1) is 0 Å². The van der Waals surface area contributed by atoms with E-state index in [4.69, 9.17) is 16.3 Å². The monoisotopic (exact) mass is 223 g/mol. The van der Waals surface area contributed by atoms with Gasteiger partial charge in [0.05, 0.1) is 18.5 Å². The van der Waals surface area contributed by atoms with Crippen molar-refractivity contribution in [3.05, 3.63) is 29.2 Å². The zero-order valence-electron chi connectivity index (χ0n) is 8.06. The van der Waals surface area contributed by atoms with Crippen LogP contribution in [0.25, 0.3) is 5.65 Å². The van der Waals surface area contributed by atoms with Gasteiger partial charge in [-0.05, 0) is 12.5 Å². The first-order valence-electron chi connectivity index (χ1n) is 4.92. The molecule has 1 saturated heterocycles. The number of ether oxygens (including phenoxy) is 1. The summed E-state index contributed by atoms with van der Waals surface area (Å²) >= 11 is 6.10. The lowest BCUT2D eigenvalue weighted by Crippen LogP contribution is -2.03. The molecule has 5 heteroatoms. The van der Waals surface area contributed by atoms with Gasteiger partial charge in [0.2, 0.25) is 0 Å². The molecule has 0 saturated carbocycles. The van der Waals surface area contributed by atoms with Crippen molar-refractivity contribution >= 4 is 17.2 Å². The summed E-state index contributed by atoms with van der Waals surface area (Å²) < 4.78 is 6.97. The molecule has 4 nitrogen and oxygen atoms in total. The first-order chi connectivity index (χ1) is 7.34. The van der Waals surface area contributed by atoms with E-state index in [0.29, 0.717) is 11.1 Å². The summed E-state index contributed by atoms with van der Waals surface area (Å²) in [6, 6.07) is 3.73. The second-order valence-corrected chi connectivity index (χ2v) is 4.05. The molecule has 1 aliphatic heterocycles. The van der Waals surface area contributed by atoms with Gasteiger partial charge < -0.3 is 4.74 Å². The number of aromatic nitrogens is 3. The standard InChI is InChI=1S/C10H10ClN3O/c11-9-5-8(7-2-4-15-6-7)13-10-1-3-12-14(9)10/h1,3,5,7H,2,4,6H2/t7-/m0/s1. The van der Waals surface area contributed by atoms with Crippen LogP contribution < -0.4 is 0 Å². The number of fused-ring (bicyclic) bond motifs is 1. The number of rotatable bonds is 1. The molecule has 78 valence electrons. The number of halogens is 1. The molecule has 0 bridgehead atoms. The van der Waals surface area contributed by atoms with Crippen LogP contribution in [-0.2, 0) is 4.74 Å². The summed E-state index contributed by atoms with van der Waals surface area (Å²) in [5, 5.41) is 4.68. The third-order valence-electron chi connectivity index (χ3n) is 2.68. The SMILES string of the molecule is Clc1cc([C@H]2CCOC2)nc2ccnn12. The lowest BCUT2D eigenvalue weighted by atomic mass is 10.1. The molecule has 2 aromatic heterocycles. The van der Waals surface area contributed by atoms with Crippen LogP contribution in [0.4, 0.5) is 0 Å². The molecule has 2 aromatic rings. The Morgan fingerprint density at radius 3 is 3.27 bits per heavy atom. The van der Waals surface area contributed by atoms with E-state index in [2.05, 4.69) is 10.1 Å². The molecule has 15 heavy (non-hydrogen) atoms. The van der Waals surface area contributed by atoms with Crippen LogP contribution in [0.5, 0.6) is 0 Å². The summed E-state index contributed by atoms with van der Waals surface area (Å²) in [5.74, 6) is 0.377. The van der Waals surface area contributed by atoms with E-state index in [1.54, 1.807) is 10.7 Å². The minimum atomic E-state index is 0.377. The lowest BCUT2D eigenvalue weighted by Gasteiger charge is -2.07. The van der Waals surface area contributed by atoms with E-state index in [-0.39, 0.29) is 0 Å². The Labute approximate surface area is 91.8 Å². The highest BCUT2D eigenvalue weighted by Gasteiger charge is 2.20. The molecule has 0 radical (unpaired) electrons. The zero-order valence-corrected chi connectivity index (χ0v) is 8.81. The molecule has 1 atom stereocenters. The van der Waals surface area contributed by atoms with Gasteiger partial charge in [0, 0.05) is 18.6 Å². The van der Waals surface area contributed by atoms with Crippen LogP contribution in [0.15, 0.2) is 18.3 Å². The van der Waals surface area contributed by atoms with Crippen molar-refractivity contribution in [1.82, 2.24) is 14.6 Å². The van der Waals surface area contributed by atoms with Gasteiger partial charge in [-0.3, -0.25) is 0 Å². The first-order valence-corrected chi connectivity index (χ1v) is 5.30. The maximum absolute atomic E-state index is 6.10. The quantitative estimate of drug-likeness (QED) is 0.693. The van der Waals surface area contributed by atoms with Crippen molar-refractivity contribution in [2.45, 2.75) is 12.3 Å². The highest BCUT2D eigenvalue weighted by molar-refractivity contribution is 6.29. The summed E-state index contributed by atoms with van der Waals surface area (Å²) in [5.41, 5.74) is 1.80. The number of hydrogen-bond donors (Lipinski definition) is 0. The maximum Gasteiger partial charge on any atom is 0.156 e. The van der Waals surface area contributed by atoms with Gasteiger partial charge in [-0.2, -0.15) is 5.10 Å². The fraction of sp³-hybridized carbons (Fsp3) is 0.400. The van der Waals surface area contributed by atoms with Crippen LogP contribution in [0, 0.1) is 0 Å². The van der Waals surface area contributed by atoms with Crippen molar-refractivity contribution in [3.8, 4) is 0 Å². The average molecular weight is 224 g/mol. The van der Waals surface area contributed by atoms with Crippen molar-refractivity contribution in [2.24, 2.45) is 0 Å². The predicted octanol–water partition coefficient (Wildman–Crippen LogP) is 1.89. The fourth-order valence-electron chi connectivity index (χ4n) is 1.87. The molecule has 0 spiro atoms. The zero-order chi connectivity index (χ0) is 10.3. The van der Waals surface area contributed by atoms with Crippen LogP contribution in [0.1, 0.15) is 18.0 Å². The minimum absolute atomic E-state index is 0.377.